The normalized spacial score (nSPS) is 11.9. The highest BCUT2D eigenvalue weighted by molar-refractivity contribution is 5.46. The quantitative estimate of drug-likeness (QED) is 0.591. The Morgan fingerprint density at radius 1 is 1.67 bits per heavy atom. The summed E-state index contributed by atoms with van der Waals surface area (Å²) >= 11 is 0. The number of rotatable bonds is 2. The summed E-state index contributed by atoms with van der Waals surface area (Å²) in [5.74, 6) is -0.793. The molecule has 0 aromatic heterocycles. The van der Waals surface area contributed by atoms with E-state index in [-0.39, 0.29) is 16.8 Å². The van der Waals surface area contributed by atoms with Gasteiger partial charge in [-0.15, -0.1) is 0 Å². The third-order valence-corrected chi connectivity index (χ3v) is 1.91. The van der Waals surface area contributed by atoms with Crippen molar-refractivity contribution in [2.24, 2.45) is 5.73 Å². The van der Waals surface area contributed by atoms with Crippen LogP contribution >= 0.6 is 0 Å². The second-order valence-electron chi connectivity index (χ2n) is 3.05. The van der Waals surface area contributed by atoms with Crippen LogP contribution in [0, 0.1) is 27.3 Å². The zero-order chi connectivity index (χ0) is 11.6. The zero-order valence-electron chi connectivity index (χ0n) is 7.90. The van der Waals surface area contributed by atoms with Crippen LogP contribution in [0.2, 0.25) is 0 Å². The van der Waals surface area contributed by atoms with Crippen molar-refractivity contribution < 1.29 is 9.31 Å². The highest BCUT2D eigenvalue weighted by Crippen LogP contribution is 2.24. The molecule has 0 amide bonds. The molecule has 0 aliphatic rings. The van der Waals surface area contributed by atoms with E-state index in [1.807, 2.05) is 0 Å². The average Bonchev–Trinajstić information content (AvgIpc) is 2.17. The molecule has 1 atom stereocenters. The van der Waals surface area contributed by atoms with Crippen molar-refractivity contribution in [2.75, 3.05) is 0 Å². The van der Waals surface area contributed by atoms with Crippen molar-refractivity contribution in [1.82, 2.24) is 0 Å². The van der Waals surface area contributed by atoms with Crippen molar-refractivity contribution in [2.45, 2.75) is 13.0 Å². The molecule has 15 heavy (non-hydrogen) atoms. The Morgan fingerprint density at radius 2 is 2.27 bits per heavy atom. The van der Waals surface area contributed by atoms with Crippen molar-refractivity contribution in [3.8, 4) is 6.07 Å². The highest BCUT2D eigenvalue weighted by atomic mass is 19.1. The van der Waals surface area contributed by atoms with Crippen molar-refractivity contribution >= 4 is 5.69 Å². The zero-order valence-corrected chi connectivity index (χ0v) is 7.90. The maximum atomic E-state index is 13.4. The van der Waals surface area contributed by atoms with Crippen LogP contribution < -0.4 is 5.73 Å². The fourth-order valence-electron chi connectivity index (χ4n) is 1.15. The van der Waals surface area contributed by atoms with Gasteiger partial charge in [-0.3, -0.25) is 10.1 Å². The fourth-order valence-corrected chi connectivity index (χ4v) is 1.15. The van der Waals surface area contributed by atoms with Crippen LogP contribution in [0.5, 0.6) is 0 Å². The van der Waals surface area contributed by atoms with Gasteiger partial charge in [0.25, 0.3) is 5.69 Å². The maximum Gasteiger partial charge on any atom is 0.271 e. The minimum Gasteiger partial charge on any atom is -0.324 e. The SMILES string of the molecule is C[C@@H](N)c1cc([N+](=O)[O-])cc(C#N)c1F. The summed E-state index contributed by atoms with van der Waals surface area (Å²) in [4.78, 5) is 9.80. The Labute approximate surface area is 85.1 Å². The van der Waals surface area contributed by atoms with Gasteiger partial charge in [0.15, 0.2) is 0 Å². The van der Waals surface area contributed by atoms with E-state index in [2.05, 4.69) is 0 Å². The number of hydrogen-bond donors (Lipinski definition) is 1. The van der Waals surface area contributed by atoms with E-state index in [1.54, 1.807) is 6.07 Å². The summed E-state index contributed by atoms with van der Waals surface area (Å²) in [6, 6.07) is 2.79. The molecule has 0 aliphatic heterocycles. The van der Waals surface area contributed by atoms with Gasteiger partial charge in [-0.25, -0.2) is 4.39 Å². The maximum absolute atomic E-state index is 13.4. The number of benzene rings is 1. The Bertz CT molecular complexity index is 451. The first-order valence-electron chi connectivity index (χ1n) is 4.11. The Morgan fingerprint density at radius 3 is 2.67 bits per heavy atom. The molecule has 1 rings (SSSR count). The van der Waals surface area contributed by atoms with Crippen molar-refractivity contribution in [3.63, 3.8) is 0 Å². The molecule has 1 aromatic carbocycles. The average molecular weight is 209 g/mol. The number of nitriles is 1. The molecule has 0 radical (unpaired) electrons. The standard InChI is InChI=1S/C9H8FN3O2/c1-5(12)8-3-7(13(14)15)2-6(4-11)9(8)10/h2-3,5H,12H2,1H3/t5-/m1/s1. The van der Waals surface area contributed by atoms with Gasteiger partial charge >= 0.3 is 0 Å². The second kappa shape index (κ2) is 4.02. The van der Waals surface area contributed by atoms with Crippen LogP contribution in [0.25, 0.3) is 0 Å². The topological polar surface area (TPSA) is 92.9 Å². The molecule has 0 spiro atoms. The lowest BCUT2D eigenvalue weighted by atomic mass is 10.0. The van der Waals surface area contributed by atoms with Gasteiger partial charge in [0, 0.05) is 23.7 Å². The predicted molar refractivity (Wildman–Crippen MR) is 50.4 cm³/mol. The van der Waals surface area contributed by atoms with E-state index in [9.17, 15) is 14.5 Å². The summed E-state index contributed by atoms with van der Waals surface area (Å²) < 4.78 is 13.4. The summed E-state index contributed by atoms with van der Waals surface area (Å²) in [6.45, 7) is 1.49. The first kappa shape index (κ1) is 11.1. The molecule has 78 valence electrons. The fraction of sp³-hybridized carbons (Fsp3) is 0.222. The number of non-ortho nitro benzene ring substituents is 1. The lowest BCUT2D eigenvalue weighted by Crippen LogP contribution is -2.09. The number of hydrogen-bond acceptors (Lipinski definition) is 4. The van der Waals surface area contributed by atoms with Gasteiger partial charge in [0.1, 0.15) is 11.9 Å². The lowest BCUT2D eigenvalue weighted by molar-refractivity contribution is -0.385. The number of halogens is 1. The molecule has 0 heterocycles. The molecule has 0 aliphatic carbocycles. The van der Waals surface area contributed by atoms with E-state index in [4.69, 9.17) is 11.0 Å². The summed E-state index contributed by atoms with van der Waals surface area (Å²) in [5, 5.41) is 19.1. The third-order valence-electron chi connectivity index (χ3n) is 1.91. The van der Waals surface area contributed by atoms with Crippen LogP contribution in [-0.4, -0.2) is 4.92 Å². The van der Waals surface area contributed by atoms with E-state index in [0.29, 0.717) is 0 Å². The monoisotopic (exact) mass is 209 g/mol. The smallest absolute Gasteiger partial charge is 0.271 e. The van der Waals surface area contributed by atoms with E-state index in [1.165, 1.54) is 6.92 Å². The predicted octanol–water partition coefficient (Wildman–Crippen LogP) is 1.63. The molecular formula is C9H8FN3O2. The molecule has 0 fully saturated rings. The third kappa shape index (κ3) is 2.08. The molecule has 0 unspecified atom stereocenters. The summed E-state index contributed by atoms with van der Waals surface area (Å²) in [7, 11) is 0. The Hall–Kier alpha value is -2.00. The molecule has 0 saturated carbocycles. The number of nitro benzene ring substituents is 1. The first-order chi connectivity index (χ1) is 6.97. The van der Waals surface area contributed by atoms with Crippen LogP contribution in [0.4, 0.5) is 10.1 Å². The van der Waals surface area contributed by atoms with E-state index < -0.39 is 16.8 Å². The van der Waals surface area contributed by atoms with Gasteiger partial charge in [-0.1, -0.05) is 0 Å². The molecule has 1 aromatic rings. The second-order valence-corrected chi connectivity index (χ2v) is 3.05. The highest BCUT2D eigenvalue weighted by Gasteiger charge is 2.18. The Balaban J connectivity index is 3.47. The molecule has 0 saturated heterocycles. The van der Waals surface area contributed by atoms with Gasteiger partial charge in [0.05, 0.1) is 10.5 Å². The molecule has 2 N–H and O–H groups in total. The van der Waals surface area contributed by atoms with Gasteiger partial charge in [0.2, 0.25) is 0 Å². The Kier molecular flexibility index (Phi) is 2.97. The van der Waals surface area contributed by atoms with Crippen LogP contribution in [0.1, 0.15) is 24.1 Å². The van der Waals surface area contributed by atoms with Crippen LogP contribution in [-0.2, 0) is 0 Å². The summed E-state index contributed by atoms with van der Waals surface area (Å²) in [5.41, 5.74) is 4.71. The molecule has 0 bridgehead atoms. The van der Waals surface area contributed by atoms with Crippen LogP contribution in [0.3, 0.4) is 0 Å². The van der Waals surface area contributed by atoms with Gasteiger partial charge in [-0.2, -0.15) is 5.26 Å². The summed E-state index contributed by atoms with van der Waals surface area (Å²) in [6.07, 6.45) is 0. The van der Waals surface area contributed by atoms with E-state index in [0.717, 1.165) is 12.1 Å². The number of nitrogens with zero attached hydrogens (tertiary/aromatic N) is 2. The first-order valence-corrected chi connectivity index (χ1v) is 4.11. The minimum atomic E-state index is -0.793. The van der Waals surface area contributed by atoms with Gasteiger partial charge < -0.3 is 5.73 Å². The van der Waals surface area contributed by atoms with Crippen molar-refractivity contribution in [1.29, 1.82) is 5.26 Å². The minimum absolute atomic E-state index is 0.0271. The molecule has 6 heteroatoms. The largest absolute Gasteiger partial charge is 0.324 e. The molecular weight excluding hydrogens is 201 g/mol. The number of nitro groups is 1. The lowest BCUT2D eigenvalue weighted by Gasteiger charge is -2.07. The number of nitrogens with two attached hydrogens (primary N) is 1. The van der Waals surface area contributed by atoms with Crippen molar-refractivity contribution in [3.05, 3.63) is 39.2 Å². The van der Waals surface area contributed by atoms with E-state index >= 15 is 0 Å². The van der Waals surface area contributed by atoms with Crippen LogP contribution in [0.15, 0.2) is 12.1 Å². The van der Waals surface area contributed by atoms with Gasteiger partial charge in [-0.05, 0) is 6.92 Å². The molecule has 5 nitrogen and oxygen atoms in total.